The molecular formula is C21H33N3O2. The van der Waals surface area contributed by atoms with Crippen LogP contribution in [0.4, 0.5) is 0 Å². The van der Waals surface area contributed by atoms with E-state index in [2.05, 4.69) is 50.5 Å². The van der Waals surface area contributed by atoms with Crippen molar-refractivity contribution in [2.45, 2.75) is 52.7 Å². The molecule has 1 heterocycles. The highest BCUT2D eigenvalue weighted by molar-refractivity contribution is 5.79. The van der Waals surface area contributed by atoms with E-state index in [9.17, 15) is 0 Å². The van der Waals surface area contributed by atoms with Crippen LogP contribution in [-0.2, 0) is 11.3 Å². The van der Waals surface area contributed by atoms with Crippen LogP contribution in [0.1, 0.15) is 46.1 Å². The molecule has 1 aromatic rings. The van der Waals surface area contributed by atoms with Gasteiger partial charge >= 0.3 is 0 Å². The van der Waals surface area contributed by atoms with Crippen LogP contribution in [0.5, 0.6) is 5.75 Å². The number of nitrogens with one attached hydrogen (secondary N) is 2. The molecule has 5 nitrogen and oxygen atoms in total. The van der Waals surface area contributed by atoms with Crippen molar-refractivity contribution < 1.29 is 9.47 Å². The molecule has 5 heteroatoms. The van der Waals surface area contributed by atoms with Crippen LogP contribution in [0, 0.1) is 0 Å². The molecule has 1 aliphatic rings. The summed E-state index contributed by atoms with van der Waals surface area (Å²) in [5.74, 6) is 1.73. The zero-order chi connectivity index (χ0) is 18.8. The molecule has 26 heavy (non-hydrogen) atoms. The predicted molar refractivity (Wildman–Crippen MR) is 108 cm³/mol. The molecule has 2 N–H and O–H groups in total. The van der Waals surface area contributed by atoms with E-state index >= 15 is 0 Å². The van der Waals surface area contributed by atoms with E-state index in [0.717, 1.165) is 56.4 Å². The summed E-state index contributed by atoms with van der Waals surface area (Å²) in [7, 11) is 0. The number of aliphatic imine (C=N–C) groups is 1. The van der Waals surface area contributed by atoms with Gasteiger partial charge in [-0.1, -0.05) is 29.8 Å². The number of hydrogen-bond donors (Lipinski definition) is 2. The van der Waals surface area contributed by atoms with Crippen molar-refractivity contribution in [3.8, 4) is 5.75 Å². The lowest BCUT2D eigenvalue weighted by atomic mass is 10.1. The van der Waals surface area contributed by atoms with Crippen molar-refractivity contribution in [2.24, 2.45) is 4.99 Å². The van der Waals surface area contributed by atoms with Crippen LogP contribution in [0.3, 0.4) is 0 Å². The highest BCUT2D eigenvalue weighted by atomic mass is 16.5. The molecule has 0 atom stereocenters. The first-order chi connectivity index (χ1) is 12.5. The Balaban J connectivity index is 1.94. The van der Waals surface area contributed by atoms with E-state index in [1.807, 2.05) is 18.2 Å². The number of para-hydroxylation sites is 1. The van der Waals surface area contributed by atoms with Crippen molar-refractivity contribution >= 4 is 5.96 Å². The van der Waals surface area contributed by atoms with E-state index < -0.39 is 0 Å². The molecule has 0 saturated heterocycles. The molecule has 0 aromatic heterocycles. The number of hydrogen-bond acceptors (Lipinski definition) is 3. The Labute approximate surface area is 157 Å². The van der Waals surface area contributed by atoms with Gasteiger partial charge in [-0.15, -0.1) is 0 Å². The lowest BCUT2D eigenvalue weighted by molar-refractivity contribution is 0.129. The van der Waals surface area contributed by atoms with Crippen molar-refractivity contribution in [3.05, 3.63) is 41.5 Å². The summed E-state index contributed by atoms with van der Waals surface area (Å²) in [6, 6.07) is 8.10. The summed E-state index contributed by atoms with van der Waals surface area (Å²) in [6.45, 7) is 12.1. The molecule has 0 saturated carbocycles. The van der Waals surface area contributed by atoms with Crippen molar-refractivity contribution in [3.63, 3.8) is 0 Å². The summed E-state index contributed by atoms with van der Waals surface area (Å²) in [6.07, 6.45) is 4.25. The minimum absolute atomic E-state index is 0.222. The Kier molecular flexibility index (Phi) is 7.98. The second-order valence-corrected chi connectivity index (χ2v) is 7.38. The molecule has 0 aliphatic carbocycles. The number of guanidine groups is 1. The molecule has 2 rings (SSSR count). The van der Waals surface area contributed by atoms with Gasteiger partial charge in [0, 0.05) is 18.7 Å². The quantitative estimate of drug-likeness (QED) is 0.443. The van der Waals surface area contributed by atoms with Crippen LogP contribution in [0.25, 0.3) is 0 Å². The average molecular weight is 360 g/mol. The molecule has 1 aromatic carbocycles. The van der Waals surface area contributed by atoms with Gasteiger partial charge in [0.1, 0.15) is 11.4 Å². The minimum atomic E-state index is -0.222. The number of nitrogens with zero attached hydrogens (tertiary/aromatic N) is 1. The molecule has 1 aliphatic heterocycles. The standard InChI is InChI=1S/C21H33N3O2/c1-5-22-20(23-13-10-17-11-14-25-15-12-17)24-16-18-8-6-7-9-19(18)26-21(2,3)4/h6-9,11H,5,10,12-16H2,1-4H3,(H2,22,23,24). The fraction of sp³-hybridized carbons (Fsp3) is 0.571. The predicted octanol–water partition coefficient (Wildman–Crippen LogP) is 3.66. The molecule has 0 bridgehead atoms. The molecule has 144 valence electrons. The fourth-order valence-electron chi connectivity index (χ4n) is 2.70. The van der Waals surface area contributed by atoms with E-state index in [-0.39, 0.29) is 5.60 Å². The van der Waals surface area contributed by atoms with Gasteiger partial charge in [0.15, 0.2) is 5.96 Å². The fourth-order valence-corrected chi connectivity index (χ4v) is 2.70. The zero-order valence-electron chi connectivity index (χ0n) is 16.6. The smallest absolute Gasteiger partial charge is 0.191 e. The summed E-state index contributed by atoms with van der Waals surface area (Å²) < 4.78 is 11.4. The first-order valence-corrected chi connectivity index (χ1v) is 9.52. The number of benzene rings is 1. The van der Waals surface area contributed by atoms with Crippen LogP contribution in [0.2, 0.25) is 0 Å². The van der Waals surface area contributed by atoms with Crippen molar-refractivity contribution in [1.82, 2.24) is 10.6 Å². The lowest BCUT2D eigenvalue weighted by Gasteiger charge is -2.23. The third-order valence-corrected chi connectivity index (χ3v) is 3.94. The monoisotopic (exact) mass is 359 g/mol. The SMILES string of the molecule is CCNC(=NCc1ccccc1OC(C)(C)C)NCCC1=CCOCC1. The van der Waals surface area contributed by atoms with Crippen LogP contribution >= 0.6 is 0 Å². The normalized spacial score (nSPS) is 15.4. The second kappa shape index (κ2) is 10.2. The molecule has 0 fully saturated rings. The van der Waals surface area contributed by atoms with E-state index in [4.69, 9.17) is 14.5 Å². The topological polar surface area (TPSA) is 54.9 Å². The van der Waals surface area contributed by atoms with Crippen LogP contribution in [-0.4, -0.2) is 37.9 Å². The molecule has 0 unspecified atom stereocenters. The molecule has 0 spiro atoms. The number of ether oxygens (including phenoxy) is 2. The summed E-state index contributed by atoms with van der Waals surface area (Å²) >= 11 is 0. The first kappa shape index (κ1) is 20.3. The Morgan fingerprint density at radius 3 is 2.73 bits per heavy atom. The van der Waals surface area contributed by atoms with Gasteiger partial charge in [-0.05, 0) is 46.6 Å². The summed E-state index contributed by atoms with van der Waals surface area (Å²) in [4.78, 5) is 4.73. The summed E-state index contributed by atoms with van der Waals surface area (Å²) in [5, 5.41) is 6.73. The summed E-state index contributed by atoms with van der Waals surface area (Å²) in [5.41, 5.74) is 2.33. The number of rotatable bonds is 7. The van der Waals surface area contributed by atoms with Crippen molar-refractivity contribution in [2.75, 3.05) is 26.3 Å². The van der Waals surface area contributed by atoms with Gasteiger partial charge in [-0.3, -0.25) is 0 Å². The maximum atomic E-state index is 6.06. The van der Waals surface area contributed by atoms with Crippen molar-refractivity contribution in [1.29, 1.82) is 0 Å². The molecule has 0 amide bonds. The Morgan fingerprint density at radius 2 is 2.04 bits per heavy atom. The largest absolute Gasteiger partial charge is 0.488 e. The van der Waals surface area contributed by atoms with Gasteiger partial charge < -0.3 is 20.1 Å². The van der Waals surface area contributed by atoms with Crippen LogP contribution in [0.15, 0.2) is 40.9 Å². The van der Waals surface area contributed by atoms with Gasteiger partial charge in [-0.2, -0.15) is 0 Å². The Morgan fingerprint density at radius 1 is 1.23 bits per heavy atom. The van der Waals surface area contributed by atoms with E-state index in [0.29, 0.717) is 6.54 Å². The van der Waals surface area contributed by atoms with E-state index in [1.54, 1.807) is 0 Å². The first-order valence-electron chi connectivity index (χ1n) is 9.52. The van der Waals surface area contributed by atoms with E-state index in [1.165, 1.54) is 5.57 Å². The minimum Gasteiger partial charge on any atom is -0.488 e. The average Bonchev–Trinajstić information content (AvgIpc) is 2.60. The molecular weight excluding hydrogens is 326 g/mol. The highest BCUT2D eigenvalue weighted by Crippen LogP contribution is 2.23. The van der Waals surface area contributed by atoms with Gasteiger partial charge in [0.2, 0.25) is 0 Å². The third kappa shape index (κ3) is 7.48. The maximum absolute atomic E-state index is 6.06. The van der Waals surface area contributed by atoms with Crippen LogP contribution < -0.4 is 15.4 Å². The maximum Gasteiger partial charge on any atom is 0.191 e. The lowest BCUT2D eigenvalue weighted by Crippen LogP contribution is -2.38. The second-order valence-electron chi connectivity index (χ2n) is 7.38. The Bertz CT molecular complexity index is 618. The zero-order valence-corrected chi connectivity index (χ0v) is 16.6. The van der Waals surface area contributed by atoms with Gasteiger partial charge in [0.25, 0.3) is 0 Å². The third-order valence-electron chi connectivity index (χ3n) is 3.94. The highest BCUT2D eigenvalue weighted by Gasteiger charge is 2.14. The molecule has 0 radical (unpaired) electrons. The Hall–Kier alpha value is -2.01. The van der Waals surface area contributed by atoms with Gasteiger partial charge in [-0.25, -0.2) is 4.99 Å². The van der Waals surface area contributed by atoms with Gasteiger partial charge in [0.05, 0.1) is 19.8 Å².